The van der Waals surface area contributed by atoms with Gasteiger partial charge in [0.15, 0.2) is 0 Å². The predicted octanol–water partition coefficient (Wildman–Crippen LogP) is 3.09. The van der Waals surface area contributed by atoms with E-state index in [-0.39, 0.29) is 0 Å². The molecule has 3 aromatic rings. The Bertz CT molecular complexity index is 1070. The van der Waals surface area contributed by atoms with Crippen molar-refractivity contribution in [2.75, 3.05) is 49.5 Å². The van der Waals surface area contributed by atoms with Crippen LogP contribution in [-0.4, -0.2) is 69.7 Å². The summed E-state index contributed by atoms with van der Waals surface area (Å²) in [4.78, 5) is 19.1. The summed E-state index contributed by atoms with van der Waals surface area (Å²) < 4.78 is 2.41. The van der Waals surface area contributed by atoms with Gasteiger partial charge in [-0.15, -0.1) is 0 Å². The van der Waals surface area contributed by atoms with Crippen LogP contribution in [0.5, 0.6) is 0 Å². The van der Waals surface area contributed by atoms with Crippen LogP contribution in [0.4, 0.5) is 17.5 Å². The number of hydrogen-bond donors (Lipinski definition) is 2. The van der Waals surface area contributed by atoms with Crippen molar-refractivity contribution in [1.82, 2.24) is 29.7 Å². The van der Waals surface area contributed by atoms with Crippen LogP contribution in [0.3, 0.4) is 0 Å². The average Bonchev–Trinajstić information content (AvgIpc) is 3.40. The fourth-order valence-electron chi connectivity index (χ4n) is 5.46. The lowest BCUT2D eigenvalue weighted by molar-refractivity contribution is 0.138. The number of fused-ring (bicyclic) bond motifs is 1. The van der Waals surface area contributed by atoms with Gasteiger partial charge in [0.1, 0.15) is 11.5 Å². The van der Waals surface area contributed by atoms with E-state index in [2.05, 4.69) is 54.0 Å². The summed E-state index contributed by atoms with van der Waals surface area (Å²) >= 11 is 0. The van der Waals surface area contributed by atoms with E-state index >= 15 is 0 Å². The van der Waals surface area contributed by atoms with Gasteiger partial charge in [0.25, 0.3) is 0 Å². The minimum atomic E-state index is 0.564. The maximum Gasteiger partial charge on any atom is 0.230 e. The molecule has 3 aromatic heterocycles. The van der Waals surface area contributed by atoms with Crippen LogP contribution in [-0.2, 0) is 0 Å². The number of nitrogens with zero attached hydrogens (tertiary/aromatic N) is 6. The minimum absolute atomic E-state index is 0.564. The zero-order chi connectivity index (χ0) is 21.5. The van der Waals surface area contributed by atoms with Crippen molar-refractivity contribution in [3.05, 3.63) is 36.3 Å². The minimum Gasteiger partial charge on any atom is -0.368 e. The van der Waals surface area contributed by atoms with Crippen molar-refractivity contribution in [1.29, 1.82) is 0 Å². The molecule has 2 saturated heterocycles. The van der Waals surface area contributed by atoms with E-state index in [1.54, 1.807) is 0 Å². The monoisotopic (exact) mass is 432 g/mol. The number of piperazine rings is 1. The van der Waals surface area contributed by atoms with E-state index in [1.807, 2.05) is 18.5 Å². The fraction of sp³-hybridized carbons (Fsp3) is 0.542. The predicted molar refractivity (Wildman–Crippen MR) is 128 cm³/mol. The largest absolute Gasteiger partial charge is 0.368 e. The van der Waals surface area contributed by atoms with Crippen LogP contribution in [0.25, 0.3) is 11.0 Å². The van der Waals surface area contributed by atoms with Gasteiger partial charge in [-0.2, -0.15) is 4.98 Å². The normalized spacial score (nSPS) is 20.7. The fourth-order valence-corrected chi connectivity index (χ4v) is 5.46. The second-order valence-electron chi connectivity index (χ2n) is 9.43. The van der Waals surface area contributed by atoms with Crippen molar-refractivity contribution < 1.29 is 0 Å². The molecule has 0 aromatic carbocycles. The van der Waals surface area contributed by atoms with Crippen LogP contribution in [0.2, 0.25) is 0 Å². The van der Waals surface area contributed by atoms with Gasteiger partial charge < -0.3 is 20.1 Å². The summed E-state index contributed by atoms with van der Waals surface area (Å²) in [6, 6.07) is 7.68. The molecule has 6 rings (SSSR count). The number of nitrogens with one attached hydrogen (secondary N) is 2. The Balaban J connectivity index is 1.15. The van der Waals surface area contributed by atoms with E-state index in [0.717, 1.165) is 62.2 Å². The molecule has 2 aliphatic heterocycles. The average molecular weight is 433 g/mol. The van der Waals surface area contributed by atoms with Gasteiger partial charge in [-0.05, 0) is 38.0 Å². The van der Waals surface area contributed by atoms with E-state index in [9.17, 15) is 0 Å². The molecule has 1 aliphatic carbocycles. The highest BCUT2D eigenvalue weighted by atomic mass is 15.3. The summed E-state index contributed by atoms with van der Waals surface area (Å²) in [7, 11) is 0. The third-order valence-corrected chi connectivity index (χ3v) is 7.40. The highest BCUT2D eigenvalue weighted by Crippen LogP contribution is 2.34. The first kappa shape index (κ1) is 19.9. The molecule has 168 valence electrons. The zero-order valence-electron chi connectivity index (χ0n) is 18.8. The lowest BCUT2D eigenvalue weighted by Crippen LogP contribution is -2.61. The van der Waals surface area contributed by atoms with Crippen molar-refractivity contribution >= 4 is 28.5 Å². The first-order valence-corrected chi connectivity index (χ1v) is 12.0. The highest BCUT2D eigenvalue weighted by Gasteiger charge is 2.27. The van der Waals surface area contributed by atoms with Gasteiger partial charge in [0.05, 0.1) is 11.9 Å². The lowest BCUT2D eigenvalue weighted by Gasteiger charge is -2.43. The Labute approximate surface area is 189 Å². The van der Waals surface area contributed by atoms with Gasteiger partial charge >= 0.3 is 0 Å². The summed E-state index contributed by atoms with van der Waals surface area (Å²) in [6.45, 7) is 8.82. The molecule has 0 unspecified atom stereocenters. The Kier molecular flexibility index (Phi) is 5.19. The van der Waals surface area contributed by atoms with E-state index in [4.69, 9.17) is 4.98 Å². The smallest absolute Gasteiger partial charge is 0.230 e. The molecule has 0 spiro atoms. The molecule has 2 N–H and O–H groups in total. The first-order valence-electron chi connectivity index (χ1n) is 12.0. The topological polar surface area (TPSA) is 74.1 Å². The number of pyridine rings is 1. The van der Waals surface area contributed by atoms with Gasteiger partial charge in [-0.25, -0.2) is 9.97 Å². The molecule has 3 aliphatic rings. The van der Waals surface area contributed by atoms with Crippen LogP contribution < -0.4 is 15.5 Å². The maximum absolute atomic E-state index is 4.87. The van der Waals surface area contributed by atoms with Crippen molar-refractivity contribution in [3.63, 3.8) is 0 Å². The van der Waals surface area contributed by atoms with Crippen LogP contribution >= 0.6 is 0 Å². The molecular formula is C24H32N8. The van der Waals surface area contributed by atoms with Gasteiger partial charge in [0.2, 0.25) is 5.95 Å². The molecule has 5 heterocycles. The first-order chi connectivity index (χ1) is 15.7. The Morgan fingerprint density at radius 1 is 0.969 bits per heavy atom. The second-order valence-corrected chi connectivity index (χ2v) is 9.43. The number of aryl methyl sites for hydroxylation is 1. The zero-order valence-corrected chi connectivity index (χ0v) is 18.8. The van der Waals surface area contributed by atoms with E-state index in [0.29, 0.717) is 12.0 Å². The molecule has 0 bridgehead atoms. The number of anilines is 3. The summed E-state index contributed by atoms with van der Waals surface area (Å²) in [5.41, 5.74) is 3.49. The molecule has 0 radical (unpaired) electrons. The molecule has 1 saturated carbocycles. The lowest BCUT2D eigenvalue weighted by atomic mass is 10.1. The van der Waals surface area contributed by atoms with Crippen molar-refractivity contribution in [2.24, 2.45) is 0 Å². The number of aromatic nitrogens is 4. The molecule has 8 nitrogen and oxygen atoms in total. The van der Waals surface area contributed by atoms with Gasteiger partial charge in [0, 0.05) is 68.6 Å². The van der Waals surface area contributed by atoms with Crippen LogP contribution in [0.1, 0.15) is 37.4 Å². The number of hydrogen-bond acceptors (Lipinski definition) is 7. The van der Waals surface area contributed by atoms with E-state index in [1.165, 1.54) is 37.1 Å². The van der Waals surface area contributed by atoms with Crippen molar-refractivity contribution in [2.45, 2.75) is 44.7 Å². The SMILES string of the molecule is Cc1cc2cnc(Nc3ccc(N4CCN(C5CNC5)CC4)cn3)nc2n1C1CCCC1. The quantitative estimate of drug-likeness (QED) is 0.642. The molecular weight excluding hydrogens is 400 g/mol. The van der Waals surface area contributed by atoms with E-state index < -0.39 is 0 Å². The third-order valence-electron chi connectivity index (χ3n) is 7.40. The van der Waals surface area contributed by atoms with Crippen LogP contribution in [0, 0.1) is 6.92 Å². The number of rotatable bonds is 5. The Hall–Kier alpha value is -2.71. The molecule has 0 atom stereocenters. The molecule has 8 heteroatoms. The standard InChI is InChI=1S/C24H32N8/c1-17-12-18-13-27-24(29-23(18)32(17)19-4-2-3-5-19)28-22-7-6-20(16-26-22)30-8-10-31(11-9-30)21-14-25-15-21/h6-7,12-13,16,19,21,25H,2-5,8-11,14-15H2,1H3,(H,26,27,28,29). The van der Waals surface area contributed by atoms with Gasteiger partial charge in [-0.3, -0.25) is 4.90 Å². The Morgan fingerprint density at radius 2 is 1.78 bits per heavy atom. The summed E-state index contributed by atoms with van der Waals surface area (Å²) in [5.74, 6) is 1.39. The van der Waals surface area contributed by atoms with Gasteiger partial charge in [-0.1, -0.05) is 12.8 Å². The molecule has 32 heavy (non-hydrogen) atoms. The maximum atomic E-state index is 4.87. The highest BCUT2D eigenvalue weighted by molar-refractivity contribution is 5.78. The third kappa shape index (κ3) is 3.71. The van der Waals surface area contributed by atoms with Crippen LogP contribution in [0.15, 0.2) is 30.6 Å². The summed E-state index contributed by atoms with van der Waals surface area (Å²) in [5, 5.41) is 7.79. The second kappa shape index (κ2) is 8.33. The Morgan fingerprint density at radius 3 is 2.47 bits per heavy atom. The molecule has 0 amide bonds. The van der Waals surface area contributed by atoms with Crippen molar-refractivity contribution in [3.8, 4) is 0 Å². The summed E-state index contributed by atoms with van der Waals surface area (Å²) in [6.07, 6.45) is 8.99. The molecule has 3 fully saturated rings.